The first-order chi connectivity index (χ1) is 14.6. The molecule has 1 atom stereocenters. The van der Waals surface area contributed by atoms with E-state index in [0.29, 0.717) is 12.4 Å². The number of imidazole rings is 1. The molecule has 0 aliphatic heterocycles. The molecule has 172 valence electrons. The summed E-state index contributed by atoms with van der Waals surface area (Å²) in [6.45, 7) is 9.58. The number of aliphatic hydroxyl groups is 1. The third-order valence-electron chi connectivity index (χ3n) is 5.43. The molecule has 0 fully saturated rings. The van der Waals surface area contributed by atoms with Gasteiger partial charge in [0, 0.05) is 5.54 Å². The monoisotopic (exact) mass is 431 g/mol. The number of hydrogen-bond acceptors (Lipinski definition) is 4. The summed E-state index contributed by atoms with van der Waals surface area (Å²) in [5, 5.41) is 19.9. The van der Waals surface area contributed by atoms with E-state index in [1.165, 1.54) is 30.6 Å². The van der Waals surface area contributed by atoms with E-state index in [1.54, 1.807) is 33.9 Å². The van der Waals surface area contributed by atoms with Gasteiger partial charge in [-0.3, -0.25) is 4.90 Å². The SMILES string of the molecule is CCCCCCCOc1ccc(-c2cnc(C(C)(CO)N(C(=O)O)C(C)(C)C)[nH]2)cc1. The predicted octanol–water partition coefficient (Wildman–Crippen LogP) is 5.41. The molecule has 1 unspecified atom stereocenters. The number of nitrogens with zero attached hydrogens (tertiary/aromatic N) is 2. The normalized spacial score (nSPS) is 13.6. The smallest absolute Gasteiger partial charge is 0.408 e. The van der Waals surface area contributed by atoms with Gasteiger partial charge in [-0.1, -0.05) is 32.6 Å². The van der Waals surface area contributed by atoms with Crippen LogP contribution in [0, 0.1) is 0 Å². The van der Waals surface area contributed by atoms with E-state index in [-0.39, 0.29) is 0 Å². The highest BCUT2D eigenvalue weighted by Crippen LogP contribution is 2.34. The van der Waals surface area contributed by atoms with E-state index in [0.717, 1.165) is 23.4 Å². The van der Waals surface area contributed by atoms with Crippen LogP contribution in [0.2, 0.25) is 0 Å². The summed E-state index contributed by atoms with van der Waals surface area (Å²) in [7, 11) is 0. The van der Waals surface area contributed by atoms with Gasteiger partial charge in [0.1, 0.15) is 17.1 Å². The molecule has 1 aromatic carbocycles. The maximum atomic E-state index is 12.0. The lowest BCUT2D eigenvalue weighted by molar-refractivity contribution is -0.0135. The van der Waals surface area contributed by atoms with Gasteiger partial charge in [0.25, 0.3) is 0 Å². The van der Waals surface area contributed by atoms with Gasteiger partial charge in [0.05, 0.1) is 25.1 Å². The third kappa shape index (κ3) is 6.23. The first kappa shape index (κ1) is 24.7. The highest BCUT2D eigenvalue weighted by molar-refractivity contribution is 5.68. The van der Waals surface area contributed by atoms with E-state index in [4.69, 9.17) is 4.74 Å². The highest BCUT2D eigenvalue weighted by Gasteiger charge is 2.45. The van der Waals surface area contributed by atoms with E-state index >= 15 is 0 Å². The van der Waals surface area contributed by atoms with Crippen LogP contribution in [-0.4, -0.2) is 49.9 Å². The molecule has 1 amide bonds. The Morgan fingerprint density at radius 2 is 1.74 bits per heavy atom. The fourth-order valence-electron chi connectivity index (χ4n) is 3.86. The Kier molecular flexibility index (Phi) is 8.51. The van der Waals surface area contributed by atoms with Crippen LogP contribution in [0.5, 0.6) is 5.75 Å². The van der Waals surface area contributed by atoms with E-state index in [2.05, 4.69) is 16.9 Å². The molecule has 2 rings (SSSR count). The van der Waals surface area contributed by atoms with Gasteiger partial charge in [0.15, 0.2) is 0 Å². The van der Waals surface area contributed by atoms with Crippen LogP contribution in [0.3, 0.4) is 0 Å². The molecule has 1 heterocycles. The maximum absolute atomic E-state index is 12.0. The van der Waals surface area contributed by atoms with Crippen molar-refractivity contribution in [3.8, 4) is 17.0 Å². The summed E-state index contributed by atoms with van der Waals surface area (Å²) in [5.74, 6) is 1.22. The summed E-state index contributed by atoms with van der Waals surface area (Å²) < 4.78 is 5.82. The molecule has 7 nitrogen and oxygen atoms in total. The molecular formula is C24H37N3O4. The number of nitrogens with one attached hydrogen (secondary N) is 1. The van der Waals surface area contributed by atoms with Gasteiger partial charge in [0.2, 0.25) is 0 Å². The summed E-state index contributed by atoms with van der Waals surface area (Å²) in [4.78, 5) is 20.8. The molecule has 1 aromatic heterocycles. The first-order valence-corrected chi connectivity index (χ1v) is 11.1. The minimum absolute atomic E-state index is 0.394. The fraction of sp³-hybridized carbons (Fsp3) is 0.583. The fourth-order valence-corrected chi connectivity index (χ4v) is 3.86. The van der Waals surface area contributed by atoms with Crippen LogP contribution in [0.1, 0.15) is 72.5 Å². The number of unbranched alkanes of at least 4 members (excludes halogenated alkanes) is 4. The van der Waals surface area contributed by atoms with Crippen LogP contribution < -0.4 is 4.74 Å². The van der Waals surface area contributed by atoms with Crippen molar-refractivity contribution < 1.29 is 19.7 Å². The zero-order valence-corrected chi connectivity index (χ0v) is 19.4. The summed E-state index contributed by atoms with van der Waals surface area (Å²) >= 11 is 0. The maximum Gasteiger partial charge on any atom is 0.408 e. The average molecular weight is 432 g/mol. The van der Waals surface area contributed by atoms with Gasteiger partial charge >= 0.3 is 6.09 Å². The van der Waals surface area contributed by atoms with Crippen LogP contribution in [-0.2, 0) is 5.54 Å². The number of aromatic nitrogens is 2. The number of H-pyrrole nitrogens is 1. The number of ether oxygens (including phenoxy) is 1. The molecule has 0 saturated heterocycles. The Labute approximate surface area is 185 Å². The van der Waals surface area contributed by atoms with Gasteiger partial charge < -0.3 is 19.9 Å². The van der Waals surface area contributed by atoms with E-state index < -0.39 is 23.8 Å². The number of rotatable bonds is 11. The van der Waals surface area contributed by atoms with Crippen LogP contribution in [0.15, 0.2) is 30.5 Å². The molecule has 0 aliphatic rings. The summed E-state index contributed by atoms with van der Waals surface area (Å²) in [5.41, 5.74) is -0.262. The second kappa shape index (κ2) is 10.7. The predicted molar refractivity (Wildman–Crippen MR) is 122 cm³/mol. The zero-order chi connectivity index (χ0) is 23.1. The summed E-state index contributed by atoms with van der Waals surface area (Å²) in [6.07, 6.45) is 6.56. The number of carbonyl (C=O) groups is 1. The number of benzene rings is 1. The van der Waals surface area contributed by atoms with Gasteiger partial charge in [-0.2, -0.15) is 0 Å². The second-order valence-corrected chi connectivity index (χ2v) is 9.15. The minimum Gasteiger partial charge on any atom is -0.494 e. The minimum atomic E-state index is -1.21. The Morgan fingerprint density at radius 3 is 2.29 bits per heavy atom. The van der Waals surface area contributed by atoms with Crippen molar-refractivity contribution in [2.24, 2.45) is 0 Å². The molecule has 0 saturated carbocycles. The average Bonchev–Trinajstić information content (AvgIpc) is 3.20. The number of aliphatic hydroxyl groups excluding tert-OH is 1. The topological polar surface area (TPSA) is 98.7 Å². The molecule has 7 heteroatoms. The van der Waals surface area contributed by atoms with Crippen LogP contribution in [0.25, 0.3) is 11.3 Å². The summed E-state index contributed by atoms with van der Waals surface area (Å²) in [6, 6.07) is 7.73. The van der Waals surface area contributed by atoms with Crippen molar-refractivity contribution in [3.63, 3.8) is 0 Å². The largest absolute Gasteiger partial charge is 0.494 e. The Morgan fingerprint density at radius 1 is 1.10 bits per heavy atom. The standard InChI is InChI=1S/C24H37N3O4/c1-6-7-8-9-10-15-31-19-13-11-18(12-14-19)20-16-25-21(26-20)24(5,17-28)27(22(29)30)23(2,3)4/h11-14,16,28H,6-10,15,17H2,1-5H3,(H,25,26)(H,29,30). The molecule has 31 heavy (non-hydrogen) atoms. The highest BCUT2D eigenvalue weighted by atomic mass is 16.5. The Bertz CT molecular complexity index is 826. The second-order valence-electron chi connectivity index (χ2n) is 9.15. The molecule has 2 aromatic rings. The van der Waals surface area contributed by atoms with Gasteiger partial charge in [-0.15, -0.1) is 0 Å². The molecule has 0 radical (unpaired) electrons. The van der Waals surface area contributed by atoms with Crippen molar-refractivity contribution >= 4 is 6.09 Å². The van der Waals surface area contributed by atoms with E-state index in [9.17, 15) is 15.0 Å². The first-order valence-electron chi connectivity index (χ1n) is 11.1. The van der Waals surface area contributed by atoms with Gasteiger partial charge in [-0.25, -0.2) is 9.78 Å². The Hall–Kier alpha value is -2.54. The number of carboxylic acid groups (broad SMARTS) is 1. The molecule has 3 N–H and O–H groups in total. The zero-order valence-electron chi connectivity index (χ0n) is 19.4. The third-order valence-corrected chi connectivity index (χ3v) is 5.43. The van der Waals surface area contributed by atoms with Crippen LogP contribution in [0.4, 0.5) is 4.79 Å². The molecule has 0 spiro atoms. The lowest BCUT2D eigenvalue weighted by Gasteiger charge is -2.45. The Balaban J connectivity index is 2.11. The molecular weight excluding hydrogens is 394 g/mol. The van der Waals surface area contributed by atoms with Crippen molar-refractivity contribution in [2.45, 2.75) is 77.8 Å². The quantitative estimate of drug-likeness (QED) is 0.413. The van der Waals surface area contributed by atoms with Gasteiger partial charge in [-0.05, 0) is 63.9 Å². The lowest BCUT2D eigenvalue weighted by Crippen LogP contribution is -2.58. The number of hydrogen-bond donors (Lipinski definition) is 3. The number of amides is 1. The number of aromatic amines is 1. The van der Waals surface area contributed by atoms with E-state index in [1.807, 2.05) is 24.3 Å². The van der Waals surface area contributed by atoms with Crippen LogP contribution >= 0.6 is 0 Å². The van der Waals surface area contributed by atoms with Crippen molar-refractivity contribution in [1.29, 1.82) is 0 Å². The molecule has 0 bridgehead atoms. The van der Waals surface area contributed by atoms with Crippen molar-refractivity contribution in [3.05, 3.63) is 36.3 Å². The lowest BCUT2D eigenvalue weighted by atomic mass is 9.93. The van der Waals surface area contributed by atoms with Crippen molar-refractivity contribution in [1.82, 2.24) is 14.9 Å². The molecule has 0 aliphatic carbocycles. The van der Waals surface area contributed by atoms with Crippen molar-refractivity contribution in [2.75, 3.05) is 13.2 Å².